The lowest BCUT2D eigenvalue weighted by molar-refractivity contribution is -0.122. The summed E-state index contributed by atoms with van der Waals surface area (Å²) in [6.07, 6.45) is 0. The maximum absolute atomic E-state index is 12.9. The Balaban J connectivity index is 1.42. The standard InChI is InChI=1S/C20H20BrN3O3/c21-14-6-7-17-16(12-14)20(26)24-9-8-23(13-18(24)19(25)22-17)10-11-27-15-4-2-1-3-5-15/h1-7,12,18H,8-11,13H2,(H,22,25). The zero-order valence-corrected chi connectivity index (χ0v) is 16.3. The van der Waals surface area contributed by atoms with Crippen molar-refractivity contribution >= 4 is 33.4 Å². The molecule has 2 aliphatic rings. The second kappa shape index (κ2) is 7.70. The van der Waals surface area contributed by atoms with Gasteiger partial charge in [0.1, 0.15) is 18.4 Å². The Kier molecular flexibility index (Phi) is 5.13. The van der Waals surface area contributed by atoms with Crippen LogP contribution in [0.5, 0.6) is 5.75 Å². The van der Waals surface area contributed by atoms with Crippen LogP contribution in [-0.4, -0.2) is 60.4 Å². The fraction of sp³-hybridized carbons (Fsp3) is 0.300. The molecule has 2 amide bonds. The Morgan fingerprint density at radius 3 is 2.74 bits per heavy atom. The summed E-state index contributed by atoms with van der Waals surface area (Å²) in [5, 5.41) is 2.90. The van der Waals surface area contributed by atoms with Crippen LogP contribution in [0, 0.1) is 0 Å². The number of hydrogen-bond acceptors (Lipinski definition) is 4. The minimum atomic E-state index is -0.492. The molecule has 4 rings (SSSR count). The van der Waals surface area contributed by atoms with Crippen molar-refractivity contribution in [1.29, 1.82) is 0 Å². The Morgan fingerprint density at radius 2 is 1.93 bits per heavy atom. The molecule has 0 spiro atoms. The van der Waals surface area contributed by atoms with Crippen molar-refractivity contribution in [3.05, 3.63) is 58.6 Å². The molecule has 2 heterocycles. The predicted octanol–water partition coefficient (Wildman–Crippen LogP) is 2.61. The number of rotatable bonds is 4. The zero-order chi connectivity index (χ0) is 18.8. The highest BCUT2D eigenvalue weighted by Gasteiger charge is 2.39. The second-order valence-corrected chi connectivity index (χ2v) is 7.57. The summed E-state index contributed by atoms with van der Waals surface area (Å²) in [5.74, 6) is 0.590. The summed E-state index contributed by atoms with van der Waals surface area (Å²) in [6, 6.07) is 14.5. The fourth-order valence-electron chi connectivity index (χ4n) is 3.49. The molecule has 2 aromatic rings. The summed E-state index contributed by atoms with van der Waals surface area (Å²) in [4.78, 5) is 29.5. The van der Waals surface area contributed by atoms with E-state index in [1.165, 1.54) is 0 Å². The van der Waals surface area contributed by atoms with Gasteiger partial charge < -0.3 is 15.0 Å². The van der Waals surface area contributed by atoms with Crippen LogP contribution >= 0.6 is 15.9 Å². The third-order valence-electron chi connectivity index (χ3n) is 4.92. The van der Waals surface area contributed by atoms with Gasteiger partial charge in [0.25, 0.3) is 5.91 Å². The van der Waals surface area contributed by atoms with Gasteiger partial charge in [0.2, 0.25) is 5.91 Å². The van der Waals surface area contributed by atoms with E-state index in [0.717, 1.165) is 16.8 Å². The Hall–Kier alpha value is -2.38. The molecule has 1 unspecified atom stereocenters. The highest BCUT2D eigenvalue weighted by Crippen LogP contribution is 2.28. The first kappa shape index (κ1) is 18.0. The molecular weight excluding hydrogens is 410 g/mol. The number of nitrogens with one attached hydrogen (secondary N) is 1. The van der Waals surface area contributed by atoms with E-state index in [1.54, 1.807) is 17.0 Å². The summed E-state index contributed by atoms with van der Waals surface area (Å²) in [6.45, 7) is 2.99. The zero-order valence-electron chi connectivity index (χ0n) is 14.7. The van der Waals surface area contributed by atoms with Crippen LogP contribution in [0.1, 0.15) is 10.4 Å². The SMILES string of the molecule is O=C1Nc2ccc(Br)cc2C(=O)N2CCN(CCOc3ccccc3)CC12. The lowest BCUT2D eigenvalue weighted by Gasteiger charge is -2.39. The quantitative estimate of drug-likeness (QED) is 0.811. The molecule has 7 heteroatoms. The number of anilines is 1. The average molecular weight is 430 g/mol. The number of halogens is 1. The van der Waals surface area contributed by atoms with E-state index < -0.39 is 6.04 Å². The van der Waals surface area contributed by atoms with Crippen LogP contribution < -0.4 is 10.1 Å². The molecule has 1 atom stereocenters. The van der Waals surface area contributed by atoms with Crippen LogP contribution in [0.25, 0.3) is 0 Å². The number of carbonyl (C=O) groups excluding carboxylic acids is 2. The van der Waals surface area contributed by atoms with Gasteiger partial charge >= 0.3 is 0 Å². The van der Waals surface area contributed by atoms with Gasteiger partial charge in [-0.2, -0.15) is 0 Å². The first-order valence-corrected chi connectivity index (χ1v) is 9.73. The van der Waals surface area contributed by atoms with Gasteiger partial charge in [0.15, 0.2) is 0 Å². The first-order valence-electron chi connectivity index (χ1n) is 8.93. The van der Waals surface area contributed by atoms with Crippen molar-refractivity contribution in [3.8, 4) is 5.75 Å². The van der Waals surface area contributed by atoms with Crippen molar-refractivity contribution < 1.29 is 14.3 Å². The van der Waals surface area contributed by atoms with Crippen LogP contribution in [0.15, 0.2) is 53.0 Å². The number of benzene rings is 2. The van der Waals surface area contributed by atoms with Crippen molar-refractivity contribution in [2.24, 2.45) is 0 Å². The maximum atomic E-state index is 12.9. The van der Waals surface area contributed by atoms with Gasteiger partial charge in [0.05, 0.1) is 11.3 Å². The van der Waals surface area contributed by atoms with Crippen molar-refractivity contribution in [2.75, 3.05) is 38.1 Å². The Morgan fingerprint density at radius 1 is 1.11 bits per heavy atom. The van der Waals surface area contributed by atoms with E-state index in [2.05, 4.69) is 26.1 Å². The number of carbonyl (C=O) groups is 2. The largest absolute Gasteiger partial charge is 0.492 e. The number of fused-ring (bicyclic) bond motifs is 2. The highest BCUT2D eigenvalue weighted by molar-refractivity contribution is 9.10. The van der Waals surface area contributed by atoms with Gasteiger partial charge in [-0.3, -0.25) is 14.5 Å². The molecule has 0 radical (unpaired) electrons. The molecule has 27 heavy (non-hydrogen) atoms. The monoisotopic (exact) mass is 429 g/mol. The topological polar surface area (TPSA) is 61.9 Å². The van der Waals surface area contributed by atoms with Gasteiger partial charge in [-0.25, -0.2) is 0 Å². The average Bonchev–Trinajstić information content (AvgIpc) is 2.78. The molecule has 2 aromatic carbocycles. The molecule has 2 aliphatic heterocycles. The number of nitrogens with zero attached hydrogens (tertiary/aromatic N) is 2. The number of ether oxygens (including phenoxy) is 1. The Bertz CT molecular complexity index is 859. The van der Waals surface area contributed by atoms with Gasteiger partial charge in [-0.05, 0) is 30.3 Å². The fourth-order valence-corrected chi connectivity index (χ4v) is 3.85. The number of amides is 2. The van der Waals surface area contributed by atoms with Gasteiger partial charge in [0, 0.05) is 30.7 Å². The normalized spacial score (nSPS) is 19.7. The van der Waals surface area contributed by atoms with E-state index in [1.807, 2.05) is 36.4 Å². The minimum absolute atomic E-state index is 0.102. The second-order valence-electron chi connectivity index (χ2n) is 6.66. The third-order valence-corrected chi connectivity index (χ3v) is 5.41. The first-order chi connectivity index (χ1) is 13.1. The van der Waals surface area contributed by atoms with Gasteiger partial charge in [-0.1, -0.05) is 34.1 Å². The molecule has 1 fully saturated rings. The van der Waals surface area contributed by atoms with Crippen LogP contribution in [0.4, 0.5) is 5.69 Å². The highest BCUT2D eigenvalue weighted by atomic mass is 79.9. The molecule has 0 aromatic heterocycles. The van der Waals surface area contributed by atoms with Crippen molar-refractivity contribution in [1.82, 2.24) is 9.80 Å². The summed E-state index contributed by atoms with van der Waals surface area (Å²) in [5.41, 5.74) is 1.10. The lowest BCUT2D eigenvalue weighted by Crippen LogP contribution is -2.58. The molecule has 0 bridgehead atoms. The van der Waals surface area contributed by atoms with E-state index in [-0.39, 0.29) is 11.8 Å². The van der Waals surface area contributed by atoms with E-state index >= 15 is 0 Å². The van der Waals surface area contributed by atoms with Crippen LogP contribution in [-0.2, 0) is 4.79 Å². The molecule has 140 valence electrons. The number of piperazine rings is 1. The lowest BCUT2D eigenvalue weighted by atomic mass is 10.1. The summed E-state index contributed by atoms with van der Waals surface area (Å²) in [7, 11) is 0. The number of hydrogen-bond donors (Lipinski definition) is 1. The molecule has 1 N–H and O–H groups in total. The molecule has 1 saturated heterocycles. The van der Waals surface area contributed by atoms with Crippen LogP contribution in [0.2, 0.25) is 0 Å². The molecule has 6 nitrogen and oxygen atoms in total. The minimum Gasteiger partial charge on any atom is -0.492 e. The van der Waals surface area contributed by atoms with E-state index in [0.29, 0.717) is 37.5 Å². The maximum Gasteiger partial charge on any atom is 0.256 e. The molecular formula is C20H20BrN3O3. The van der Waals surface area contributed by atoms with E-state index in [9.17, 15) is 9.59 Å². The summed E-state index contributed by atoms with van der Waals surface area (Å²) >= 11 is 3.40. The van der Waals surface area contributed by atoms with Crippen LogP contribution in [0.3, 0.4) is 0 Å². The Labute approximate surface area is 166 Å². The third kappa shape index (κ3) is 3.84. The summed E-state index contributed by atoms with van der Waals surface area (Å²) < 4.78 is 6.57. The van der Waals surface area contributed by atoms with Crippen molar-refractivity contribution in [3.63, 3.8) is 0 Å². The van der Waals surface area contributed by atoms with E-state index in [4.69, 9.17) is 4.74 Å². The predicted molar refractivity (Wildman–Crippen MR) is 106 cm³/mol. The van der Waals surface area contributed by atoms with Crippen molar-refractivity contribution in [2.45, 2.75) is 6.04 Å². The molecule has 0 aliphatic carbocycles. The molecule has 0 saturated carbocycles. The van der Waals surface area contributed by atoms with Gasteiger partial charge in [-0.15, -0.1) is 0 Å². The number of para-hydroxylation sites is 1. The smallest absolute Gasteiger partial charge is 0.256 e.